The Morgan fingerprint density at radius 3 is 2.90 bits per heavy atom. The van der Waals surface area contributed by atoms with Gasteiger partial charge in [0, 0.05) is 21.9 Å². The maximum atomic E-state index is 3.59. The second-order valence-corrected chi connectivity index (χ2v) is 7.80. The number of thiophene rings is 1. The lowest BCUT2D eigenvalue weighted by Crippen LogP contribution is -2.28. The molecule has 1 saturated heterocycles. The summed E-state index contributed by atoms with van der Waals surface area (Å²) in [7, 11) is 0. The van der Waals surface area contributed by atoms with Crippen molar-refractivity contribution < 1.29 is 0 Å². The molecular formula is C18H22BrNS. The summed E-state index contributed by atoms with van der Waals surface area (Å²) in [5.74, 6) is 0. The minimum Gasteiger partial charge on any atom is -0.291 e. The van der Waals surface area contributed by atoms with E-state index >= 15 is 0 Å². The van der Waals surface area contributed by atoms with Gasteiger partial charge in [-0.05, 0) is 61.0 Å². The van der Waals surface area contributed by atoms with E-state index in [1.807, 2.05) is 11.3 Å². The van der Waals surface area contributed by atoms with Crippen LogP contribution in [0.15, 0.2) is 40.2 Å². The summed E-state index contributed by atoms with van der Waals surface area (Å²) >= 11 is 5.52. The molecule has 0 amide bonds. The quantitative estimate of drug-likeness (QED) is 0.652. The fourth-order valence-electron chi connectivity index (χ4n) is 3.25. The molecule has 1 aliphatic heterocycles. The van der Waals surface area contributed by atoms with Crippen LogP contribution in [-0.2, 0) is 6.54 Å². The molecule has 1 aromatic heterocycles. The second-order valence-electron chi connectivity index (χ2n) is 5.93. The zero-order chi connectivity index (χ0) is 14.7. The first-order valence-corrected chi connectivity index (χ1v) is 9.44. The molecule has 2 aromatic rings. The van der Waals surface area contributed by atoms with Crippen LogP contribution in [0.3, 0.4) is 0 Å². The molecule has 3 heteroatoms. The SMILES string of the molecule is Cc1ccsc1[C@@H]1CCCCCN1Cc1cccc(Br)c1. The van der Waals surface area contributed by atoms with E-state index in [4.69, 9.17) is 0 Å². The molecule has 2 heterocycles. The molecule has 1 nitrogen and oxygen atoms in total. The zero-order valence-electron chi connectivity index (χ0n) is 12.5. The largest absolute Gasteiger partial charge is 0.291 e. The summed E-state index contributed by atoms with van der Waals surface area (Å²) in [5, 5.41) is 2.24. The Morgan fingerprint density at radius 1 is 1.24 bits per heavy atom. The van der Waals surface area contributed by atoms with Crippen LogP contribution in [0.4, 0.5) is 0 Å². The highest BCUT2D eigenvalue weighted by atomic mass is 79.9. The summed E-state index contributed by atoms with van der Waals surface area (Å²) in [4.78, 5) is 4.26. The minimum absolute atomic E-state index is 0.603. The molecule has 0 radical (unpaired) electrons. The molecule has 0 saturated carbocycles. The number of nitrogens with zero attached hydrogens (tertiary/aromatic N) is 1. The van der Waals surface area contributed by atoms with Gasteiger partial charge in [-0.15, -0.1) is 11.3 Å². The van der Waals surface area contributed by atoms with E-state index in [-0.39, 0.29) is 0 Å². The molecule has 1 atom stereocenters. The Balaban J connectivity index is 1.84. The van der Waals surface area contributed by atoms with E-state index < -0.39 is 0 Å². The number of likely N-dealkylation sites (tertiary alicyclic amines) is 1. The van der Waals surface area contributed by atoms with Crippen LogP contribution >= 0.6 is 27.3 Å². The third-order valence-corrected chi connectivity index (χ3v) is 5.96. The highest BCUT2D eigenvalue weighted by molar-refractivity contribution is 9.10. The summed E-state index contributed by atoms with van der Waals surface area (Å²) in [6, 6.07) is 11.6. The van der Waals surface area contributed by atoms with Gasteiger partial charge in [0.25, 0.3) is 0 Å². The van der Waals surface area contributed by atoms with E-state index in [0.29, 0.717) is 6.04 Å². The summed E-state index contributed by atoms with van der Waals surface area (Å²) in [6.07, 6.45) is 5.36. The van der Waals surface area contributed by atoms with Crippen LogP contribution in [0.5, 0.6) is 0 Å². The molecule has 1 fully saturated rings. The Morgan fingerprint density at radius 2 is 2.14 bits per heavy atom. The molecular weight excluding hydrogens is 342 g/mol. The van der Waals surface area contributed by atoms with E-state index in [1.54, 1.807) is 4.88 Å². The van der Waals surface area contributed by atoms with Crippen molar-refractivity contribution >= 4 is 27.3 Å². The molecule has 1 aromatic carbocycles. The third-order valence-electron chi connectivity index (χ3n) is 4.34. The van der Waals surface area contributed by atoms with Crippen molar-refractivity contribution in [3.05, 3.63) is 56.2 Å². The van der Waals surface area contributed by atoms with Crippen LogP contribution in [0, 0.1) is 6.92 Å². The predicted molar refractivity (Wildman–Crippen MR) is 94.8 cm³/mol. The average Bonchev–Trinajstić information content (AvgIpc) is 2.75. The molecule has 0 unspecified atom stereocenters. The highest BCUT2D eigenvalue weighted by Gasteiger charge is 2.24. The number of rotatable bonds is 3. The van der Waals surface area contributed by atoms with Gasteiger partial charge in [0.2, 0.25) is 0 Å². The minimum atomic E-state index is 0.603. The Bertz CT molecular complexity index is 592. The van der Waals surface area contributed by atoms with Crippen molar-refractivity contribution in [1.82, 2.24) is 4.90 Å². The normalized spacial score (nSPS) is 20.4. The molecule has 0 spiro atoms. The number of halogens is 1. The van der Waals surface area contributed by atoms with Crippen LogP contribution in [0.2, 0.25) is 0 Å². The lowest BCUT2D eigenvalue weighted by molar-refractivity contribution is 0.195. The number of hydrogen-bond acceptors (Lipinski definition) is 2. The monoisotopic (exact) mass is 363 g/mol. The lowest BCUT2D eigenvalue weighted by atomic mass is 10.0. The van der Waals surface area contributed by atoms with Gasteiger partial charge < -0.3 is 0 Å². The molecule has 0 N–H and O–H groups in total. The van der Waals surface area contributed by atoms with Crippen molar-refractivity contribution in [3.63, 3.8) is 0 Å². The average molecular weight is 364 g/mol. The number of aryl methyl sites for hydroxylation is 1. The summed E-state index contributed by atoms with van der Waals surface area (Å²) in [5.41, 5.74) is 2.87. The first-order valence-electron chi connectivity index (χ1n) is 7.76. The lowest BCUT2D eigenvalue weighted by Gasteiger charge is -2.30. The van der Waals surface area contributed by atoms with Crippen molar-refractivity contribution in [2.75, 3.05) is 6.54 Å². The number of benzene rings is 1. The van der Waals surface area contributed by atoms with Crippen molar-refractivity contribution in [2.24, 2.45) is 0 Å². The van der Waals surface area contributed by atoms with Gasteiger partial charge in [-0.1, -0.05) is 40.9 Å². The molecule has 1 aliphatic rings. The Labute approximate surface area is 140 Å². The Hall–Kier alpha value is -0.640. The van der Waals surface area contributed by atoms with E-state index in [2.05, 4.69) is 63.5 Å². The molecule has 112 valence electrons. The van der Waals surface area contributed by atoms with Gasteiger partial charge >= 0.3 is 0 Å². The standard InChI is InChI=1S/C18H22BrNS/c1-14-9-11-21-18(14)17-8-3-2-4-10-20(17)13-15-6-5-7-16(19)12-15/h5-7,9,11-12,17H,2-4,8,10,13H2,1H3/t17-/m0/s1. The molecule has 0 bridgehead atoms. The summed E-state index contributed by atoms with van der Waals surface area (Å²) < 4.78 is 1.18. The van der Waals surface area contributed by atoms with Gasteiger partial charge in [-0.2, -0.15) is 0 Å². The predicted octanol–water partition coefficient (Wildman–Crippen LogP) is 5.94. The van der Waals surface area contributed by atoms with E-state index in [0.717, 1.165) is 6.54 Å². The van der Waals surface area contributed by atoms with Gasteiger partial charge in [0.1, 0.15) is 0 Å². The maximum Gasteiger partial charge on any atom is 0.0447 e. The Kier molecular flexibility index (Phi) is 5.15. The maximum absolute atomic E-state index is 3.59. The smallest absolute Gasteiger partial charge is 0.0447 e. The van der Waals surface area contributed by atoms with Crippen LogP contribution in [0.1, 0.15) is 47.7 Å². The first-order chi connectivity index (χ1) is 10.2. The van der Waals surface area contributed by atoms with Crippen LogP contribution in [0.25, 0.3) is 0 Å². The van der Waals surface area contributed by atoms with Crippen molar-refractivity contribution in [2.45, 2.75) is 45.2 Å². The van der Waals surface area contributed by atoms with Gasteiger partial charge in [-0.25, -0.2) is 0 Å². The van der Waals surface area contributed by atoms with E-state index in [9.17, 15) is 0 Å². The van der Waals surface area contributed by atoms with Gasteiger partial charge in [-0.3, -0.25) is 4.90 Å². The molecule has 0 aliphatic carbocycles. The number of hydrogen-bond donors (Lipinski definition) is 0. The van der Waals surface area contributed by atoms with Crippen molar-refractivity contribution in [1.29, 1.82) is 0 Å². The third kappa shape index (κ3) is 3.77. The van der Waals surface area contributed by atoms with Crippen LogP contribution < -0.4 is 0 Å². The molecule has 21 heavy (non-hydrogen) atoms. The van der Waals surface area contributed by atoms with Gasteiger partial charge in [0.05, 0.1) is 0 Å². The van der Waals surface area contributed by atoms with Gasteiger partial charge in [0.15, 0.2) is 0 Å². The summed E-state index contributed by atoms with van der Waals surface area (Å²) in [6.45, 7) is 4.53. The topological polar surface area (TPSA) is 3.24 Å². The van der Waals surface area contributed by atoms with Crippen LogP contribution in [-0.4, -0.2) is 11.4 Å². The highest BCUT2D eigenvalue weighted by Crippen LogP contribution is 2.36. The van der Waals surface area contributed by atoms with E-state index in [1.165, 1.54) is 47.8 Å². The second kappa shape index (κ2) is 7.08. The fraction of sp³-hybridized carbons (Fsp3) is 0.444. The zero-order valence-corrected chi connectivity index (χ0v) is 14.9. The van der Waals surface area contributed by atoms with Crippen molar-refractivity contribution in [3.8, 4) is 0 Å². The fourth-order valence-corrected chi connectivity index (χ4v) is 4.79. The first kappa shape index (κ1) is 15.3. The molecule has 3 rings (SSSR count).